The van der Waals surface area contributed by atoms with Crippen LogP contribution in [-0.4, -0.2) is 37.6 Å². The molecule has 2 aliphatic rings. The van der Waals surface area contributed by atoms with Gasteiger partial charge in [0.1, 0.15) is 35.1 Å². The van der Waals surface area contributed by atoms with Gasteiger partial charge in [0.15, 0.2) is 12.0 Å². The molecule has 4 rings (SSSR count). The minimum atomic E-state index is -0.706. The lowest BCUT2D eigenvalue weighted by atomic mass is 9.83. The first-order valence-electron chi connectivity index (χ1n) is 7.97. The smallest absolute Gasteiger partial charge is 0.165 e. The van der Waals surface area contributed by atoms with E-state index in [0.29, 0.717) is 11.5 Å². The summed E-state index contributed by atoms with van der Waals surface area (Å²) in [4.78, 5) is 8.40. The fourth-order valence-corrected chi connectivity index (χ4v) is 3.80. The summed E-state index contributed by atoms with van der Waals surface area (Å²) in [5, 5.41) is 0.785. The molecule has 2 saturated heterocycles. The number of rotatable bonds is 2. The number of nitrogen functional groups attached to an aromatic ring is 1. The summed E-state index contributed by atoms with van der Waals surface area (Å²) in [6.45, 7) is 11.7. The lowest BCUT2D eigenvalue weighted by Crippen LogP contribution is -2.50. The highest BCUT2D eigenvalue weighted by Gasteiger charge is 2.68. The summed E-state index contributed by atoms with van der Waals surface area (Å²) in [6.07, 6.45) is 4.39. The highest BCUT2D eigenvalue weighted by atomic mass is 16.8. The zero-order chi connectivity index (χ0) is 17.3. The van der Waals surface area contributed by atoms with Crippen LogP contribution in [0, 0.1) is 0 Å². The predicted octanol–water partition coefficient (Wildman–Crippen LogP) is 2.40. The molecule has 4 atom stereocenters. The molecule has 0 spiro atoms. The monoisotopic (exact) mass is 330 g/mol. The number of ether oxygens (including phenoxy) is 3. The summed E-state index contributed by atoms with van der Waals surface area (Å²) in [7, 11) is 0. The van der Waals surface area contributed by atoms with Gasteiger partial charge in [-0.2, -0.15) is 0 Å². The molecule has 2 aromatic heterocycles. The van der Waals surface area contributed by atoms with Crippen LogP contribution in [0.15, 0.2) is 31.2 Å². The number of nitrogens with zero attached hydrogens (tertiary/aromatic N) is 3. The molecule has 2 aliphatic heterocycles. The highest BCUT2D eigenvalue weighted by Crippen LogP contribution is 2.55. The molecule has 2 N–H and O–H groups in total. The normalized spacial score (nSPS) is 37.7. The van der Waals surface area contributed by atoms with Gasteiger partial charge in [0.25, 0.3) is 0 Å². The van der Waals surface area contributed by atoms with Crippen LogP contribution in [0.2, 0.25) is 0 Å². The second-order valence-electron chi connectivity index (χ2n) is 7.19. The Balaban J connectivity index is 1.87. The third-order valence-corrected chi connectivity index (χ3v) is 5.23. The van der Waals surface area contributed by atoms with Gasteiger partial charge in [-0.15, -0.1) is 6.58 Å². The quantitative estimate of drug-likeness (QED) is 0.851. The molecule has 7 nitrogen and oxygen atoms in total. The van der Waals surface area contributed by atoms with Crippen LogP contribution in [-0.2, 0) is 14.2 Å². The minimum absolute atomic E-state index is 0.317. The van der Waals surface area contributed by atoms with Crippen molar-refractivity contribution in [2.24, 2.45) is 0 Å². The van der Waals surface area contributed by atoms with E-state index in [-0.39, 0.29) is 6.10 Å². The zero-order valence-electron chi connectivity index (χ0n) is 14.3. The second-order valence-corrected chi connectivity index (χ2v) is 7.19. The molecule has 0 unspecified atom stereocenters. The van der Waals surface area contributed by atoms with E-state index in [1.54, 1.807) is 6.08 Å². The maximum Gasteiger partial charge on any atom is 0.165 e. The molecule has 2 fully saturated rings. The van der Waals surface area contributed by atoms with Gasteiger partial charge in [-0.1, -0.05) is 6.08 Å². The first-order chi connectivity index (χ1) is 11.2. The summed E-state index contributed by atoms with van der Waals surface area (Å²) in [5.74, 6) is -0.266. The van der Waals surface area contributed by atoms with E-state index in [2.05, 4.69) is 16.5 Å². The van der Waals surface area contributed by atoms with Gasteiger partial charge in [-0.25, -0.2) is 9.97 Å². The number of hydrogen-bond donors (Lipinski definition) is 1. The Hall–Kier alpha value is -1.96. The van der Waals surface area contributed by atoms with Crippen LogP contribution in [0.1, 0.15) is 33.9 Å². The first-order valence-corrected chi connectivity index (χ1v) is 7.97. The van der Waals surface area contributed by atoms with Crippen molar-refractivity contribution in [3.8, 4) is 0 Å². The Morgan fingerprint density at radius 3 is 2.71 bits per heavy atom. The molecule has 0 amide bonds. The molecule has 0 saturated carbocycles. The van der Waals surface area contributed by atoms with Crippen molar-refractivity contribution in [3.05, 3.63) is 31.2 Å². The molecular weight excluding hydrogens is 308 g/mol. The predicted molar refractivity (Wildman–Crippen MR) is 89.1 cm³/mol. The van der Waals surface area contributed by atoms with Crippen LogP contribution in [0.3, 0.4) is 0 Å². The Morgan fingerprint density at radius 2 is 2.00 bits per heavy atom. The van der Waals surface area contributed by atoms with Crippen molar-refractivity contribution >= 4 is 16.9 Å². The van der Waals surface area contributed by atoms with Gasteiger partial charge in [0, 0.05) is 6.20 Å². The average Bonchev–Trinajstić information content (AvgIpc) is 3.10. The summed E-state index contributed by atoms with van der Waals surface area (Å²) in [5.41, 5.74) is 5.28. The Labute approximate surface area is 140 Å². The third kappa shape index (κ3) is 1.83. The molecule has 4 heterocycles. The van der Waals surface area contributed by atoms with E-state index >= 15 is 0 Å². The van der Waals surface area contributed by atoms with Crippen LogP contribution >= 0.6 is 0 Å². The van der Waals surface area contributed by atoms with E-state index in [4.69, 9.17) is 19.9 Å². The SMILES string of the molecule is C=C[C@@]1(C)O[C@@H](n2ccc3c(N)ncnc32)[C@@H]2OC(C)(C)O[C@@]21C. The van der Waals surface area contributed by atoms with E-state index in [1.165, 1.54) is 6.33 Å². The van der Waals surface area contributed by atoms with E-state index < -0.39 is 23.2 Å². The van der Waals surface area contributed by atoms with Crippen molar-refractivity contribution < 1.29 is 14.2 Å². The van der Waals surface area contributed by atoms with Gasteiger partial charge < -0.3 is 24.5 Å². The van der Waals surface area contributed by atoms with Crippen molar-refractivity contribution in [3.63, 3.8) is 0 Å². The van der Waals surface area contributed by atoms with Crippen LogP contribution in [0.25, 0.3) is 11.0 Å². The highest BCUT2D eigenvalue weighted by molar-refractivity contribution is 5.86. The molecule has 0 bridgehead atoms. The molecule has 7 heteroatoms. The molecule has 2 aromatic rings. The summed E-state index contributed by atoms with van der Waals surface area (Å²) in [6, 6.07) is 1.88. The van der Waals surface area contributed by atoms with Gasteiger partial charge in [0.05, 0.1) is 5.39 Å². The van der Waals surface area contributed by atoms with Crippen LogP contribution in [0.4, 0.5) is 5.82 Å². The van der Waals surface area contributed by atoms with Crippen molar-refractivity contribution in [1.29, 1.82) is 0 Å². The first kappa shape index (κ1) is 15.6. The van der Waals surface area contributed by atoms with E-state index in [1.807, 2.05) is 44.5 Å². The third-order valence-electron chi connectivity index (χ3n) is 5.23. The molecule has 24 heavy (non-hydrogen) atoms. The van der Waals surface area contributed by atoms with Crippen LogP contribution in [0.5, 0.6) is 0 Å². The second kappa shape index (κ2) is 4.56. The fraction of sp³-hybridized carbons (Fsp3) is 0.529. The summed E-state index contributed by atoms with van der Waals surface area (Å²) < 4.78 is 20.7. The van der Waals surface area contributed by atoms with Gasteiger partial charge in [-0.3, -0.25) is 0 Å². The lowest BCUT2D eigenvalue weighted by Gasteiger charge is -2.35. The number of nitrogens with two attached hydrogens (primary N) is 1. The van der Waals surface area contributed by atoms with Gasteiger partial charge in [-0.05, 0) is 33.8 Å². The van der Waals surface area contributed by atoms with Crippen molar-refractivity contribution in [1.82, 2.24) is 14.5 Å². The number of fused-ring (bicyclic) bond motifs is 2. The molecular formula is C17H22N4O3. The Morgan fingerprint density at radius 1 is 1.25 bits per heavy atom. The largest absolute Gasteiger partial charge is 0.383 e. The van der Waals surface area contributed by atoms with Crippen LogP contribution < -0.4 is 5.73 Å². The molecule has 128 valence electrons. The Bertz CT molecular complexity index is 832. The summed E-state index contributed by atoms with van der Waals surface area (Å²) >= 11 is 0. The molecule has 0 aliphatic carbocycles. The molecule has 0 aromatic carbocycles. The van der Waals surface area contributed by atoms with E-state index in [0.717, 1.165) is 5.39 Å². The maximum atomic E-state index is 6.35. The number of hydrogen-bond acceptors (Lipinski definition) is 6. The van der Waals surface area contributed by atoms with Gasteiger partial charge in [0.2, 0.25) is 0 Å². The maximum absolute atomic E-state index is 6.35. The topological polar surface area (TPSA) is 84.4 Å². The average molecular weight is 330 g/mol. The van der Waals surface area contributed by atoms with Crippen molar-refractivity contribution in [2.45, 2.75) is 57.0 Å². The number of anilines is 1. The Kier molecular flexibility index (Phi) is 2.96. The van der Waals surface area contributed by atoms with E-state index in [9.17, 15) is 0 Å². The standard InChI is InChI=1S/C17H22N4O3/c1-6-16(4)17(5)11(22-15(2,3)24-17)14(23-16)21-8-7-10-12(18)19-9-20-13(10)21/h6-9,11,14H,1H2,2-5H3,(H2,18,19,20)/t11-,14+,16+,17-/m0/s1. The zero-order valence-corrected chi connectivity index (χ0v) is 14.3. The van der Waals surface area contributed by atoms with Gasteiger partial charge >= 0.3 is 0 Å². The molecule has 0 radical (unpaired) electrons. The number of aromatic nitrogens is 3. The minimum Gasteiger partial charge on any atom is -0.383 e. The fourth-order valence-electron chi connectivity index (χ4n) is 3.80. The van der Waals surface area contributed by atoms with Crippen molar-refractivity contribution in [2.75, 3.05) is 5.73 Å². The lowest BCUT2D eigenvalue weighted by molar-refractivity contribution is -0.223.